The standard InChI is InChI=1S/C29H27N5O3S2/c1-18-14-19(2)27-25(15-18)38-29(31-27)34-26(16-20(3)32-34)30-28(35)22-8-10-24(11-9-22)39(36,37)33-13-12-21-6-4-5-7-23(21)17-33/h4-11,14-16H,12-13,17H2,1-3H3,(H,30,35). The third kappa shape index (κ3) is 4.75. The van der Waals surface area contributed by atoms with Gasteiger partial charge in [-0.25, -0.2) is 13.4 Å². The summed E-state index contributed by atoms with van der Waals surface area (Å²) in [5.41, 5.74) is 6.46. The molecule has 0 radical (unpaired) electrons. The molecule has 0 atom stereocenters. The molecule has 0 saturated heterocycles. The number of carbonyl (C=O) groups excluding carboxylic acids is 1. The lowest BCUT2D eigenvalue weighted by Gasteiger charge is -2.28. The monoisotopic (exact) mass is 557 g/mol. The zero-order valence-electron chi connectivity index (χ0n) is 21.8. The van der Waals surface area contributed by atoms with Crippen LogP contribution in [0.25, 0.3) is 15.3 Å². The maximum Gasteiger partial charge on any atom is 0.256 e. The summed E-state index contributed by atoms with van der Waals surface area (Å²) in [6, 6.07) is 19.9. The van der Waals surface area contributed by atoms with Gasteiger partial charge in [0.15, 0.2) is 0 Å². The Labute approximate surface area is 231 Å². The predicted molar refractivity (Wildman–Crippen MR) is 153 cm³/mol. The third-order valence-electron chi connectivity index (χ3n) is 6.92. The van der Waals surface area contributed by atoms with Crippen molar-refractivity contribution in [2.75, 3.05) is 11.9 Å². The molecule has 0 aliphatic carbocycles. The van der Waals surface area contributed by atoms with Crippen LogP contribution < -0.4 is 5.32 Å². The highest BCUT2D eigenvalue weighted by molar-refractivity contribution is 7.89. The summed E-state index contributed by atoms with van der Waals surface area (Å²) in [5.74, 6) is 0.134. The number of sulfonamides is 1. The molecule has 1 amide bonds. The zero-order valence-corrected chi connectivity index (χ0v) is 23.4. The van der Waals surface area contributed by atoms with Crippen molar-refractivity contribution < 1.29 is 13.2 Å². The van der Waals surface area contributed by atoms with Gasteiger partial charge in [-0.05, 0) is 79.8 Å². The first kappa shape index (κ1) is 25.4. The van der Waals surface area contributed by atoms with Gasteiger partial charge in [0.1, 0.15) is 5.82 Å². The number of fused-ring (bicyclic) bond motifs is 2. The van der Waals surface area contributed by atoms with Gasteiger partial charge in [-0.15, -0.1) is 0 Å². The number of anilines is 1. The van der Waals surface area contributed by atoms with Crippen LogP contribution in [0, 0.1) is 20.8 Å². The molecule has 10 heteroatoms. The highest BCUT2D eigenvalue weighted by atomic mass is 32.2. The van der Waals surface area contributed by atoms with Crippen molar-refractivity contribution in [2.45, 2.75) is 38.6 Å². The molecule has 1 aliphatic rings. The Bertz CT molecular complexity index is 1840. The first-order valence-corrected chi connectivity index (χ1v) is 14.9. The van der Waals surface area contributed by atoms with E-state index >= 15 is 0 Å². The Morgan fingerprint density at radius 2 is 1.72 bits per heavy atom. The number of aryl methyl sites for hydroxylation is 3. The van der Waals surface area contributed by atoms with Gasteiger partial charge in [-0.2, -0.15) is 14.1 Å². The van der Waals surface area contributed by atoms with Gasteiger partial charge < -0.3 is 5.32 Å². The fourth-order valence-electron chi connectivity index (χ4n) is 4.97. The molecule has 0 bridgehead atoms. The number of rotatable bonds is 5. The molecular weight excluding hydrogens is 530 g/mol. The van der Waals surface area contributed by atoms with Crippen LogP contribution in [0.3, 0.4) is 0 Å². The fraction of sp³-hybridized carbons (Fsp3) is 0.207. The molecule has 0 unspecified atom stereocenters. The van der Waals surface area contributed by atoms with Crippen molar-refractivity contribution in [3.63, 3.8) is 0 Å². The number of amides is 1. The van der Waals surface area contributed by atoms with Crippen LogP contribution >= 0.6 is 11.3 Å². The largest absolute Gasteiger partial charge is 0.306 e. The third-order valence-corrected chi connectivity index (χ3v) is 9.76. The van der Waals surface area contributed by atoms with E-state index in [0.717, 1.165) is 32.6 Å². The number of hydrogen-bond acceptors (Lipinski definition) is 6. The predicted octanol–water partition coefficient (Wildman–Crippen LogP) is 5.41. The Morgan fingerprint density at radius 3 is 2.49 bits per heavy atom. The molecule has 1 N–H and O–H groups in total. The molecule has 0 saturated carbocycles. The van der Waals surface area contributed by atoms with Crippen molar-refractivity contribution in [1.29, 1.82) is 0 Å². The van der Waals surface area contributed by atoms with Crippen molar-refractivity contribution in [3.8, 4) is 5.13 Å². The number of hydrogen-bond donors (Lipinski definition) is 1. The topological polar surface area (TPSA) is 97.2 Å². The van der Waals surface area contributed by atoms with Gasteiger partial charge in [-0.1, -0.05) is 41.7 Å². The molecular formula is C29H27N5O3S2. The number of nitrogens with one attached hydrogen (secondary N) is 1. The molecule has 198 valence electrons. The van der Waals surface area contributed by atoms with E-state index in [4.69, 9.17) is 4.98 Å². The van der Waals surface area contributed by atoms with Crippen LogP contribution in [0.15, 0.2) is 71.6 Å². The maximum atomic E-state index is 13.3. The van der Waals surface area contributed by atoms with E-state index in [1.807, 2.05) is 38.1 Å². The Morgan fingerprint density at radius 1 is 0.974 bits per heavy atom. The normalized spacial score (nSPS) is 13.9. The van der Waals surface area contributed by atoms with E-state index in [-0.39, 0.29) is 10.8 Å². The quantitative estimate of drug-likeness (QED) is 0.312. The number of carbonyl (C=O) groups is 1. The van der Waals surface area contributed by atoms with E-state index in [1.165, 1.54) is 45.5 Å². The smallest absolute Gasteiger partial charge is 0.256 e. The highest BCUT2D eigenvalue weighted by Gasteiger charge is 2.28. The van der Waals surface area contributed by atoms with Crippen molar-refractivity contribution in [2.24, 2.45) is 0 Å². The van der Waals surface area contributed by atoms with Crippen molar-refractivity contribution in [1.82, 2.24) is 19.1 Å². The van der Waals surface area contributed by atoms with E-state index < -0.39 is 10.0 Å². The minimum Gasteiger partial charge on any atom is -0.306 e. The number of aromatic nitrogens is 3. The van der Waals surface area contributed by atoms with Crippen LogP contribution in [0.4, 0.5) is 5.82 Å². The molecule has 5 aromatic rings. The molecule has 8 nitrogen and oxygen atoms in total. The molecule has 6 rings (SSSR count). The average Bonchev–Trinajstić information content (AvgIpc) is 3.51. The van der Waals surface area contributed by atoms with E-state index in [9.17, 15) is 13.2 Å². The first-order chi connectivity index (χ1) is 18.7. The van der Waals surface area contributed by atoms with Gasteiger partial charge in [0.05, 0.1) is 20.8 Å². The molecule has 1 aliphatic heterocycles. The lowest BCUT2D eigenvalue weighted by Crippen LogP contribution is -2.35. The maximum absolute atomic E-state index is 13.3. The molecule has 39 heavy (non-hydrogen) atoms. The second-order valence-electron chi connectivity index (χ2n) is 9.84. The molecule has 3 heterocycles. The zero-order chi connectivity index (χ0) is 27.3. The van der Waals surface area contributed by atoms with E-state index in [1.54, 1.807) is 10.7 Å². The van der Waals surface area contributed by atoms with Gasteiger partial charge in [-0.3, -0.25) is 4.79 Å². The SMILES string of the molecule is Cc1cc(C)c2nc(-n3nc(C)cc3NC(=O)c3ccc(S(=O)(=O)N4CCc5ccccc5C4)cc3)sc2c1. The lowest BCUT2D eigenvalue weighted by molar-refractivity contribution is 0.102. The minimum atomic E-state index is -3.68. The van der Waals surface area contributed by atoms with Gasteiger partial charge in [0.2, 0.25) is 15.2 Å². The molecule has 0 fully saturated rings. The fourth-order valence-corrected chi connectivity index (χ4v) is 7.50. The Balaban J connectivity index is 1.22. The second-order valence-corrected chi connectivity index (χ2v) is 12.8. The average molecular weight is 558 g/mol. The number of nitrogens with zero attached hydrogens (tertiary/aromatic N) is 4. The summed E-state index contributed by atoms with van der Waals surface area (Å²) in [7, 11) is -3.68. The summed E-state index contributed by atoms with van der Waals surface area (Å²) >= 11 is 1.51. The number of thiazole rings is 1. The Kier molecular flexibility index (Phi) is 6.33. The summed E-state index contributed by atoms with van der Waals surface area (Å²) in [4.78, 5) is 18.1. The highest BCUT2D eigenvalue weighted by Crippen LogP contribution is 2.30. The Hall–Kier alpha value is -3.86. The van der Waals surface area contributed by atoms with E-state index in [0.29, 0.717) is 36.0 Å². The summed E-state index contributed by atoms with van der Waals surface area (Å²) in [6.45, 7) is 6.71. The van der Waals surface area contributed by atoms with Crippen LogP contribution in [-0.4, -0.2) is 39.9 Å². The lowest BCUT2D eigenvalue weighted by atomic mass is 10.0. The van der Waals surface area contributed by atoms with Crippen LogP contribution in [0.5, 0.6) is 0 Å². The molecule has 2 aromatic heterocycles. The van der Waals surface area contributed by atoms with Crippen molar-refractivity contribution >= 4 is 43.3 Å². The van der Waals surface area contributed by atoms with Crippen LogP contribution in [0.1, 0.15) is 38.3 Å². The van der Waals surface area contributed by atoms with E-state index in [2.05, 4.69) is 29.5 Å². The van der Waals surface area contributed by atoms with Gasteiger partial charge in [0.25, 0.3) is 5.91 Å². The second kappa shape index (κ2) is 9.71. The van der Waals surface area contributed by atoms with Gasteiger partial charge >= 0.3 is 0 Å². The summed E-state index contributed by atoms with van der Waals surface area (Å²) < 4.78 is 30.8. The first-order valence-electron chi connectivity index (χ1n) is 12.6. The summed E-state index contributed by atoms with van der Waals surface area (Å²) in [5, 5.41) is 8.13. The van der Waals surface area contributed by atoms with Crippen LogP contribution in [0.2, 0.25) is 0 Å². The molecule has 3 aromatic carbocycles. The summed E-state index contributed by atoms with van der Waals surface area (Å²) in [6.07, 6.45) is 0.677. The van der Waals surface area contributed by atoms with Gasteiger partial charge in [0, 0.05) is 24.7 Å². The number of benzene rings is 3. The minimum absolute atomic E-state index is 0.166. The van der Waals surface area contributed by atoms with Crippen molar-refractivity contribution in [3.05, 3.63) is 100 Å². The molecule has 0 spiro atoms. The van der Waals surface area contributed by atoms with Crippen LogP contribution in [-0.2, 0) is 23.0 Å².